The summed E-state index contributed by atoms with van der Waals surface area (Å²) >= 11 is 0. The number of primary amides is 1. The number of anilines is 1. The third-order valence-corrected chi connectivity index (χ3v) is 2.19. The molecule has 0 radical (unpaired) electrons. The van der Waals surface area contributed by atoms with Crippen molar-refractivity contribution >= 4 is 17.6 Å². The largest absolute Gasteiger partial charge is 0.352 e. The summed E-state index contributed by atoms with van der Waals surface area (Å²) in [5, 5.41) is 9.71. The molecule has 0 aliphatic carbocycles. The Morgan fingerprint density at radius 3 is 3.06 bits per heavy atom. The summed E-state index contributed by atoms with van der Waals surface area (Å²) in [6.45, 7) is 2.95. The summed E-state index contributed by atoms with van der Waals surface area (Å²) in [6, 6.07) is 3.34. The quantitative estimate of drug-likeness (QED) is 0.654. The minimum Gasteiger partial charge on any atom is -0.352 e. The van der Waals surface area contributed by atoms with Crippen LogP contribution < -0.4 is 16.4 Å². The zero-order chi connectivity index (χ0) is 12.3. The van der Waals surface area contributed by atoms with Gasteiger partial charge in [-0.1, -0.05) is 6.07 Å². The highest BCUT2D eigenvalue weighted by molar-refractivity contribution is 5.71. The predicted octanol–water partition coefficient (Wildman–Crippen LogP) is 0.118. The lowest BCUT2D eigenvalue weighted by Gasteiger charge is -2.01. The van der Waals surface area contributed by atoms with E-state index in [2.05, 4.69) is 20.7 Å². The number of nitrogens with one attached hydrogen (secondary N) is 2. The normalized spacial score (nSPS) is 10.4. The van der Waals surface area contributed by atoms with Crippen LogP contribution in [0, 0.1) is 6.92 Å². The van der Waals surface area contributed by atoms with Gasteiger partial charge in [0.2, 0.25) is 5.95 Å². The topological polar surface area (TPSA) is 97.3 Å². The maximum absolute atomic E-state index is 10.4. The Kier molecular flexibility index (Phi) is 3.08. The summed E-state index contributed by atoms with van der Waals surface area (Å²) < 4.78 is 1.71. The Labute approximate surface area is 98.0 Å². The molecule has 2 heterocycles. The van der Waals surface area contributed by atoms with Crippen molar-refractivity contribution in [3.63, 3.8) is 0 Å². The first-order valence-electron chi connectivity index (χ1n) is 5.25. The van der Waals surface area contributed by atoms with E-state index in [1.54, 1.807) is 4.52 Å². The molecule has 0 spiro atoms. The van der Waals surface area contributed by atoms with Gasteiger partial charge in [-0.2, -0.15) is 4.98 Å². The van der Waals surface area contributed by atoms with Crippen molar-refractivity contribution in [2.75, 3.05) is 18.4 Å². The lowest BCUT2D eigenvalue weighted by atomic mass is 10.3. The number of hydrogen-bond acceptors (Lipinski definition) is 4. The highest BCUT2D eigenvalue weighted by atomic mass is 16.2. The van der Waals surface area contributed by atoms with Gasteiger partial charge in [0.05, 0.1) is 0 Å². The van der Waals surface area contributed by atoms with Crippen molar-refractivity contribution < 1.29 is 4.79 Å². The first kappa shape index (κ1) is 11.2. The number of nitrogens with two attached hydrogens (primary N) is 1. The fourth-order valence-corrected chi connectivity index (χ4v) is 1.42. The zero-order valence-corrected chi connectivity index (χ0v) is 9.47. The second-order valence-corrected chi connectivity index (χ2v) is 3.66. The number of aryl methyl sites for hydroxylation is 1. The van der Waals surface area contributed by atoms with Gasteiger partial charge in [0, 0.05) is 19.3 Å². The average molecular weight is 234 g/mol. The number of hydrogen-bond donors (Lipinski definition) is 3. The van der Waals surface area contributed by atoms with Gasteiger partial charge in [-0.25, -0.2) is 9.31 Å². The molecule has 17 heavy (non-hydrogen) atoms. The van der Waals surface area contributed by atoms with E-state index in [4.69, 9.17) is 5.73 Å². The van der Waals surface area contributed by atoms with Gasteiger partial charge >= 0.3 is 6.03 Å². The lowest BCUT2D eigenvalue weighted by molar-refractivity contribution is 0.249. The number of aromatic nitrogens is 3. The van der Waals surface area contributed by atoms with Crippen LogP contribution >= 0.6 is 0 Å². The van der Waals surface area contributed by atoms with Gasteiger partial charge < -0.3 is 16.4 Å². The predicted molar refractivity (Wildman–Crippen MR) is 63.8 cm³/mol. The summed E-state index contributed by atoms with van der Waals surface area (Å²) in [7, 11) is 0. The van der Waals surface area contributed by atoms with E-state index in [-0.39, 0.29) is 0 Å². The first-order chi connectivity index (χ1) is 8.15. The van der Waals surface area contributed by atoms with E-state index < -0.39 is 6.03 Å². The fraction of sp³-hybridized carbons (Fsp3) is 0.300. The average Bonchev–Trinajstić information content (AvgIpc) is 2.66. The SMILES string of the molecule is Cc1ccc2nc(NCCNC(N)=O)nn2c1. The maximum atomic E-state index is 10.4. The van der Waals surface area contributed by atoms with Crippen LogP contribution in [0.4, 0.5) is 10.7 Å². The Balaban J connectivity index is 1.97. The van der Waals surface area contributed by atoms with E-state index in [0.717, 1.165) is 11.2 Å². The van der Waals surface area contributed by atoms with Crippen molar-refractivity contribution in [3.05, 3.63) is 23.9 Å². The van der Waals surface area contributed by atoms with Gasteiger partial charge in [0.25, 0.3) is 0 Å². The van der Waals surface area contributed by atoms with E-state index in [1.807, 2.05) is 25.3 Å². The molecule has 7 heteroatoms. The number of rotatable bonds is 4. The van der Waals surface area contributed by atoms with E-state index in [0.29, 0.717) is 19.0 Å². The molecule has 4 N–H and O–H groups in total. The van der Waals surface area contributed by atoms with Gasteiger partial charge in [0.1, 0.15) is 0 Å². The second kappa shape index (κ2) is 4.69. The van der Waals surface area contributed by atoms with Gasteiger partial charge in [-0.05, 0) is 18.6 Å². The van der Waals surface area contributed by atoms with E-state index >= 15 is 0 Å². The molecule has 0 bridgehead atoms. The highest BCUT2D eigenvalue weighted by Crippen LogP contribution is 2.06. The molecule has 0 atom stereocenters. The van der Waals surface area contributed by atoms with Gasteiger partial charge in [-0.15, -0.1) is 5.10 Å². The number of carbonyl (C=O) groups is 1. The number of urea groups is 1. The molecular formula is C10H14N6O. The van der Waals surface area contributed by atoms with Crippen molar-refractivity contribution in [1.29, 1.82) is 0 Å². The standard InChI is InChI=1S/C10H14N6O/c1-7-2-3-8-14-10(15-16(8)6-7)13-5-4-12-9(11)17/h2-3,6H,4-5H2,1H3,(H,13,15)(H3,11,12,17). The molecule has 0 fully saturated rings. The number of pyridine rings is 1. The smallest absolute Gasteiger partial charge is 0.312 e. The molecule has 0 aromatic carbocycles. The van der Waals surface area contributed by atoms with E-state index in [9.17, 15) is 4.79 Å². The molecule has 2 aromatic rings. The molecule has 0 unspecified atom stereocenters. The Morgan fingerprint density at radius 1 is 1.47 bits per heavy atom. The summed E-state index contributed by atoms with van der Waals surface area (Å²) in [6.07, 6.45) is 1.90. The Bertz CT molecular complexity index is 535. The van der Waals surface area contributed by atoms with Crippen LogP contribution in [0.2, 0.25) is 0 Å². The minimum atomic E-state index is -0.537. The third-order valence-electron chi connectivity index (χ3n) is 2.19. The first-order valence-corrected chi connectivity index (χ1v) is 5.25. The molecule has 90 valence electrons. The highest BCUT2D eigenvalue weighted by Gasteiger charge is 2.02. The van der Waals surface area contributed by atoms with Crippen LogP contribution in [-0.2, 0) is 0 Å². The second-order valence-electron chi connectivity index (χ2n) is 3.66. The molecule has 7 nitrogen and oxygen atoms in total. The van der Waals surface area contributed by atoms with Crippen molar-refractivity contribution in [1.82, 2.24) is 19.9 Å². The monoisotopic (exact) mass is 234 g/mol. The molecular weight excluding hydrogens is 220 g/mol. The van der Waals surface area contributed by atoms with Crippen LogP contribution in [-0.4, -0.2) is 33.7 Å². The lowest BCUT2D eigenvalue weighted by Crippen LogP contribution is -2.33. The summed E-state index contributed by atoms with van der Waals surface area (Å²) in [5.74, 6) is 0.530. The van der Waals surface area contributed by atoms with Gasteiger partial charge in [-0.3, -0.25) is 0 Å². The van der Waals surface area contributed by atoms with Crippen molar-refractivity contribution in [2.45, 2.75) is 6.92 Å². The van der Waals surface area contributed by atoms with Gasteiger partial charge in [0.15, 0.2) is 5.65 Å². The zero-order valence-electron chi connectivity index (χ0n) is 9.47. The maximum Gasteiger partial charge on any atom is 0.312 e. The Morgan fingerprint density at radius 2 is 2.29 bits per heavy atom. The minimum absolute atomic E-state index is 0.434. The molecule has 2 rings (SSSR count). The third kappa shape index (κ3) is 2.83. The molecule has 0 aliphatic rings. The number of nitrogens with zero attached hydrogens (tertiary/aromatic N) is 3. The molecule has 0 aliphatic heterocycles. The number of fused-ring (bicyclic) bond motifs is 1. The summed E-state index contributed by atoms with van der Waals surface area (Å²) in [5.41, 5.74) is 6.83. The molecule has 2 amide bonds. The van der Waals surface area contributed by atoms with E-state index in [1.165, 1.54) is 0 Å². The molecule has 2 aromatic heterocycles. The Hall–Kier alpha value is -2.31. The van der Waals surface area contributed by atoms with Crippen LogP contribution in [0.5, 0.6) is 0 Å². The fourth-order valence-electron chi connectivity index (χ4n) is 1.42. The number of amides is 2. The molecule has 0 saturated heterocycles. The summed E-state index contributed by atoms with van der Waals surface area (Å²) in [4.78, 5) is 14.7. The van der Waals surface area contributed by atoms with Crippen LogP contribution in [0.1, 0.15) is 5.56 Å². The molecule has 0 saturated carbocycles. The number of carbonyl (C=O) groups excluding carboxylic acids is 1. The van der Waals surface area contributed by atoms with Crippen molar-refractivity contribution in [3.8, 4) is 0 Å². The van der Waals surface area contributed by atoms with Crippen molar-refractivity contribution in [2.24, 2.45) is 5.73 Å². The van der Waals surface area contributed by atoms with Crippen LogP contribution in [0.25, 0.3) is 5.65 Å². The van der Waals surface area contributed by atoms with Crippen LogP contribution in [0.3, 0.4) is 0 Å². The van der Waals surface area contributed by atoms with Crippen LogP contribution in [0.15, 0.2) is 18.3 Å².